The summed E-state index contributed by atoms with van der Waals surface area (Å²) in [5, 5.41) is 32.0. The summed E-state index contributed by atoms with van der Waals surface area (Å²) < 4.78 is 5.33. The highest BCUT2D eigenvalue weighted by atomic mass is 35.5. The van der Waals surface area contributed by atoms with Gasteiger partial charge in [-0.15, -0.1) is 5.10 Å². The number of ether oxygens (including phenoxy) is 1. The number of aliphatic hydroxyl groups excluding tert-OH is 1. The maximum atomic E-state index is 12.6. The van der Waals surface area contributed by atoms with Gasteiger partial charge in [0.15, 0.2) is 0 Å². The largest absolute Gasteiger partial charge is 0.481 e. The zero-order chi connectivity index (χ0) is 24.6. The van der Waals surface area contributed by atoms with E-state index in [1.807, 2.05) is 48.5 Å². The number of aromatic amines is 1. The second-order valence-corrected chi connectivity index (χ2v) is 8.73. The fourth-order valence-electron chi connectivity index (χ4n) is 3.64. The van der Waals surface area contributed by atoms with Crippen LogP contribution in [0.3, 0.4) is 0 Å². The molecule has 0 aliphatic heterocycles. The number of nitrogens with one attached hydrogen (secondary N) is 2. The van der Waals surface area contributed by atoms with Gasteiger partial charge in [-0.2, -0.15) is 0 Å². The van der Waals surface area contributed by atoms with E-state index in [0.29, 0.717) is 11.4 Å². The molecule has 1 heterocycles. The Morgan fingerprint density at radius 1 is 1.21 bits per heavy atom. The Morgan fingerprint density at radius 2 is 1.97 bits per heavy atom. The number of amides is 1. The van der Waals surface area contributed by atoms with Crippen molar-refractivity contribution in [2.45, 2.75) is 25.8 Å². The molecule has 0 spiro atoms. The normalized spacial score (nSPS) is 13.7. The number of halogens is 1. The number of hydrogen-bond acceptors (Lipinski definition) is 6. The van der Waals surface area contributed by atoms with E-state index in [1.54, 1.807) is 6.92 Å². The van der Waals surface area contributed by atoms with Crippen LogP contribution < -0.4 is 5.32 Å². The van der Waals surface area contributed by atoms with Crippen molar-refractivity contribution in [3.8, 4) is 11.1 Å². The van der Waals surface area contributed by atoms with Crippen LogP contribution in [0.5, 0.6) is 0 Å². The van der Waals surface area contributed by atoms with Crippen LogP contribution >= 0.6 is 11.6 Å². The van der Waals surface area contributed by atoms with Crippen molar-refractivity contribution in [3.63, 3.8) is 0 Å². The van der Waals surface area contributed by atoms with Gasteiger partial charge in [-0.05, 0) is 48.6 Å². The van der Waals surface area contributed by atoms with Gasteiger partial charge < -0.3 is 20.3 Å². The number of H-pyrrole nitrogens is 1. The summed E-state index contributed by atoms with van der Waals surface area (Å²) in [6.07, 6.45) is 1.80. The summed E-state index contributed by atoms with van der Waals surface area (Å²) in [5.41, 5.74) is 1.79. The number of hydrogen-bond donors (Lipinski definition) is 4. The average Bonchev–Trinajstić information content (AvgIpc) is 3.35. The first kappa shape index (κ1) is 25.4. The summed E-state index contributed by atoms with van der Waals surface area (Å²) >= 11 is 6.09. The van der Waals surface area contributed by atoms with Crippen LogP contribution in [0.1, 0.15) is 29.4 Å². The van der Waals surface area contributed by atoms with Gasteiger partial charge in [-0.1, -0.05) is 53.2 Å². The predicted octanol–water partition coefficient (Wildman–Crippen LogP) is 2.96. The zero-order valence-corrected chi connectivity index (χ0v) is 19.5. The third-order valence-electron chi connectivity index (χ3n) is 5.46. The summed E-state index contributed by atoms with van der Waals surface area (Å²) in [6.45, 7) is 1.28. The van der Waals surface area contributed by atoms with Crippen LogP contribution in [0.25, 0.3) is 11.1 Å². The minimum Gasteiger partial charge on any atom is -0.481 e. The van der Waals surface area contributed by atoms with E-state index in [0.717, 1.165) is 16.7 Å². The molecule has 3 aromatic rings. The number of carboxylic acid groups (broad SMARTS) is 1. The number of nitrogens with zero attached hydrogens (tertiary/aromatic N) is 2. The lowest BCUT2D eigenvalue weighted by Gasteiger charge is -2.30. The third-order valence-corrected chi connectivity index (χ3v) is 5.69. The quantitative estimate of drug-likeness (QED) is 0.289. The molecule has 0 fully saturated rings. The van der Waals surface area contributed by atoms with Crippen LogP contribution in [-0.2, 0) is 16.0 Å². The molecule has 0 radical (unpaired) electrons. The number of aliphatic carboxylic acids is 1. The molecule has 0 saturated carbocycles. The molecule has 180 valence electrons. The fraction of sp³-hybridized carbons (Fsp3) is 0.333. The van der Waals surface area contributed by atoms with Crippen LogP contribution in [-0.4, -0.2) is 63.4 Å². The van der Waals surface area contributed by atoms with Gasteiger partial charge in [0.2, 0.25) is 0 Å². The Morgan fingerprint density at radius 3 is 2.59 bits per heavy atom. The fourth-order valence-corrected chi connectivity index (χ4v) is 3.83. The molecule has 34 heavy (non-hydrogen) atoms. The molecule has 4 N–H and O–H groups in total. The Bertz CT molecular complexity index is 1090. The highest BCUT2D eigenvalue weighted by Gasteiger charge is 2.37. The minimum absolute atomic E-state index is 0.0324. The maximum Gasteiger partial charge on any atom is 0.311 e. The molecule has 3 rings (SSSR count). The van der Waals surface area contributed by atoms with Gasteiger partial charge in [-0.25, -0.2) is 0 Å². The van der Waals surface area contributed by atoms with Gasteiger partial charge in [0.05, 0.1) is 31.4 Å². The van der Waals surface area contributed by atoms with Crippen LogP contribution in [0.2, 0.25) is 5.02 Å². The van der Waals surface area contributed by atoms with Crippen molar-refractivity contribution < 1.29 is 24.5 Å². The SMILES string of the molecule is CC(COCCO)(C[C@@H](Cc1ccc(-c2cccc(Cl)c2)cc1)NC(=O)c1cnn[nH]1)C(=O)O. The van der Waals surface area contributed by atoms with Crippen LogP contribution in [0.4, 0.5) is 0 Å². The number of carboxylic acids is 1. The van der Waals surface area contributed by atoms with Crippen molar-refractivity contribution in [3.05, 3.63) is 71.0 Å². The summed E-state index contributed by atoms with van der Waals surface area (Å²) in [7, 11) is 0. The van der Waals surface area contributed by atoms with Crippen molar-refractivity contribution in [2.24, 2.45) is 5.41 Å². The Labute approximate surface area is 202 Å². The second kappa shape index (κ2) is 11.7. The lowest BCUT2D eigenvalue weighted by Crippen LogP contribution is -2.44. The zero-order valence-electron chi connectivity index (χ0n) is 18.7. The highest BCUT2D eigenvalue weighted by Crippen LogP contribution is 2.27. The first-order valence-corrected chi connectivity index (χ1v) is 11.1. The van der Waals surface area contributed by atoms with Gasteiger partial charge >= 0.3 is 5.97 Å². The number of benzene rings is 2. The van der Waals surface area contributed by atoms with Crippen LogP contribution in [0.15, 0.2) is 54.7 Å². The minimum atomic E-state index is -1.28. The monoisotopic (exact) mass is 486 g/mol. The van der Waals surface area contributed by atoms with E-state index >= 15 is 0 Å². The first-order chi connectivity index (χ1) is 16.3. The number of aliphatic hydroxyl groups is 1. The van der Waals surface area contributed by atoms with Gasteiger partial charge in [-0.3, -0.25) is 14.7 Å². The highest BCUT2D eigenvalue weighted by molar-refractivity contribution is 6.30. The Hall–Kier alpha value is -3.27. The molecule has 0 saturated heterocycles. The molecular formula is C24H27ClN4O5. The predicted molar refractivity (Wildman–Crippen MR) is 126 cm³/mol. The average molecular weight is 487 g/mol. The van der Waals surface area contributed by atoms with E-state index in [1.165, 1.54) is 6.20 Å². The van der Waals surface area contributed by atoms with Gasteiger partial charge in [0, 0.05) is 11.1 Å². The van der Waals surface area contributed by atoms with E-state index in [9.17, 15) is 14.7 Å². The molecule has 10 heteroatoms. The molecule has 9 nitrogen and oxygen atoms in total. The molecule has 1 aromatic heterocycles. The number of carbonyl (C=O) groups excluding carboxylic acids is 1. The molecule has 0 aliphatic rings. The summed E-state index contributed by atoms with van der Waals surface area (Å²) in [6, 6.07) is 14.8. The van der Waals surface area contributed by atoms with E-state index in [4.69, 9.17) is 21.4 Å². The molecular weight excluding hydrogens is 460 g/mol. The van der Waals surface area contributed by atoms with Gasteiger partial charge in [0.25, 0.3) is 5.91 Å². The molecule has 1 amide bonds. The molecule has 0 bridgehead atoms. The van der Waals surface area contributed by atoms with Crippen LogP contribution in [0, 0.1) is 5.41 Å². The van der Waals surface area contributed by atoms with E-state index in [2.05, 4.69) is 20.7 Å². The molecule has 2 atom stereocenters. The van der Waals surface area contributed by atoms with Crippen molar-refractivity contribution in [1.82, 2.24) is 20.7 Å². The van der Waals surface area contributed by atoms with Crippen molar-refractivity contribution in [2.75, 3.05) is 19.8 Å². The maximum absolute atomic E-state index is 12.6. The first-order valence-electron chi connectivity index (χ1n) is 10.7. The molecule has 1 unspecified atom stereocenters. The van der Waals surface area contributed by atoms with Gasteiger partial charge in [0.1, 0.15) is 5.69 Å². The second-order valence-electron chi connectivity index (χ2n) is 8.30. The van der Waals surface area contributed by atoms with E-state index in [-0.39, 0.29) is 31.9 Å². The Kier molecular flexibility index (Phi) is 8.75. The molecule has 2 aromatic carbocycles. The Balaban J connectivity index is 1.79. The third kappa shape index (κ3) is 6.86. The smallest absolute Gasteiger partial charge is 0.311 e. The number of carbonyl (C=O) groups is 2. The lowest BCUT2D eigenvalue weighted by molar-refractivity contribution is -0.153. The molecule has 0 aliphatic carbocycles. The van der Waals surface area contributed by atoms with E-state index < -0.39 is 23.3 Å². The summed E-state index contributed by atoms with van der Waals surface area (Å²) in [5.74, 6) is -1.49. The lowest BCUT2D eigenvalue weighted by atomic mass is 9.82. The van der Waals surface area contributed by atoms with Crippen molar-refractivity contribution >= 4 is 23.5 Å². The van der Waals surface area contributed by atoms with Crippen molar-refractivity contribution in [1.29, 1.82) is 0 Å². The summed E-state index contributed by atoms with van der Waals surface area (Å²) in [4.78, 5) is 24.7. The number of rotatable bonds is 12. The number of aromatic nitrogens is 3. The topological polar surface area (TPSA) is 137 Å². The standard InChI is InChI=1S/C24H27ClN4O5/c1-24(23(32)33,15-34-10-9-30)13-20(27-22(31)21-14-26-29-28-21)11-16-5-7-17(8-6-16)18-3-2-4-19(25)12-18/h2-8,12,14,20,30H,9-11,13,15H2,1H3,(H,27,31)(H,32,33)(H,26,28,29)/t20-,24?/m1/s1.